The predicted molar refractivity (Wildman–Crippen MR) is 80.1 cm³/mol. The quantitative estimate of drug-likeness (QED) is 0.880. The normalized spacial score (nSPS) is 18.2. The molecule has 2 aromatic heterocycles. The standard InChI is InChI=1S/C14H17N5OS/c1-9-16-12(18-17-9)11-6-4-8-19(11)14(20)10-5-3-7-15-13(10)21-2/h3,5,7,11H,4,6,8H2,1-2H3,(H,16,17,18). The molecule has 1 aliphatic heterocycles. The van der Waals surface area contributed by atoms with Crippen LogP contribution in [0.3, 0.4) is 0 Å². The number of H-pyrrole nitrogens is 1. The molecule has 1 unspecified atom stereocenters. The van der Waals surface area contributed by atoms with Gasteiger partial charge in [-0.2, -0.15) is 5.10 Å². The molecule has 0 aliphatic carbocycles. The SMILES string of the molecule is CSc1ncccc1C(=O)N1CCCC1c1n[nH]c(C)n1. The lowest BCUT2D eigenvalue weighted by molar-refractivity contribution is 0.0725. The average Bonchev–Trinajstić information content (AvgIpc) is 3.14. The van der Waals surface area contributed by atoms with Gasteiger partial charge in [0.05, 0.1) is 11.6 Å². The molecule has 1 aliphatic rings. The van der Waals surface area contributed by atoms with Crippen molar-refractivity contribution in [2.75, 3.05) is 12.8 Å². The van der Waals surface area contributed by atoms with Crippen molar-refractivity contribution in [1.29, 1.82) is 0 Å². The summed E-state index contributed by atoms with van der Waals surface area (Å²) in [5.41, 5.74) is 0.657. The number of aromatic nitrogens is 4. The van der Waals surface area contributed by atoms with Crippen LogP contribution in [0, 0.1) is 6.92 Å². The van der Waals surface area contributed by atoms with Crippen molar-refractivity contribution in [2.24, 2.45) is 0 Å². The second-order valence-corrected chi connectivity index (χ2v) is 5.79. The zero-order valence-corrected chi connectivity index (χ0v) is 12.9. The molecule has 0 spiro atoms. The number of amides is 1. The van der Waals surface area contributed by atoms with E-state index >= 15 is 0 Å². The number of nitrogens with zero attached hydrogens (tertiary/aromatic N) is 4. The first-order chi connectivity index (χ1) is 10.2. The van der Waals surface area contributed by atoms with Crippen molar-refractivity contribution in [2.45, 2.75) is 30.8 Å². The number of pyridine rings is 1. The molecule has 1 atom stereocenters. The number of aryl methyl sites for hydroxylation is 1. The van der Waals surface area contributed by atoms with Crippen LogP contribution in [0.25, 0.3) is 0 Å². The summed E-state index contributed by atoms with van der Waals surface area (Å²) in [5.74, 6) is 1.49. The van der Waals surface area contributed by atoms with Crippen molar-refractivity contribution < 1.29 is 4.79 Å². The number of carbonyl (C=O) groups is 1. The maximum Gasteiger partial charge on any atom is 0.257 e. The summed E-state index contributed by atoms with van der Waals surface area (Å²) in [4.78, 5) is 23.3. The molecule has 0 aromatic carbocycles. The molecule has 0 saturated carbocycles. The summed E-state index contributed by atoms with van der Waals surface area (Å²) >= 11 is 1.49. The summed E-state index contributed by atoms with van der Waals surface area (Å²) in [6, 6.07) is 3.59. The fourth-order valence-electron chi connectivity index (χ4n) is 2.66. The molecular formula is C14H17N5OS. The summed E-state index contributed by atoms with van der Waals surface area (Å²) in [6.07, 6.45) is 5.51. The van der Waals surface area contributed by atoms with Crippen LogP contribution < -0.4 is 0 Å². The van der Waals surface area contributed by atoms with Crippen molar-refractivity contribution in [3.63, 3.8) is 0 Å². The highest BCUT2D eigenvalue weighted by Crippen LogP contribution is 2.32. The van der Waals surface area contributed by atoms with Gasteiger partial charge in [0.2, 0.25) is 0 Å². The Bertz CT molecular complexity index is 656. The lowest BCUT2D eigenvalue weighted by Gasteiger charge is -2.23. The summed E-state index contributed by atoms with van der Waals surface area (Å²) in [7, 11) is 0. The second-order valence-electron chi connectivity index (χ2n) is 5.00. The van der Waals surface area contributed by atoms with Gasteiger partial charge < -0.3 is 4.90 Å². The second kappa shape index (κ2) is 5.85. The van der Waals surface area contributed by atoms with Gasteiger partial charge in [-0.3, -0.25) is 9.89 Å². The molecule has 110 valence electrons. The number of aromatic amines is 1. The predicted octanol–water partition coefficient (Wildman–Crippen LogP) is 2.21. The molecule has 1 saturated heterocycles. The molecule has 6 nitrogen and oxygen atoms in total. The minimum absolute atomic E-state index is 0.0115. The van der Waals surface area contributed by atoms with Crippen LogP contribution in [0.2, 0.25) is 0 Å². The smallest absolute Gasteiger partial charge is 0.257 e. The van der Waals surface area contributed by atoms with Gasteiger partial charge in [-0.1, -0.05) is 0 Å². The largest absolute Gasteiger partial charge is 0.328 e. The molecule has 1 amide bonds. The van der Waals surface area contributed by atoms with Crippen LogP contribution in [0.4, 0.5) is 0 Å². The van der Waals surface area contributed by atoms with Crippen molar-refractivity contribution in [3.8, 4) is 0 Å². The number of carbonyl (C=O) groups excluding carboxylic acids is 1. The number of nitrogens with one attached hydrogen (secondary N) is 1. The Balaban J connectivity index is 1.89. The summed E-state index contributed by atoms with van der Waals surface area (Å²) in [5, 5.41) is 7.83. The first-order valence-corrected chi connectivity index (χ1v) is 8.12. The van der Waals surface area contributed by atoms with E-state index in [0.29, 0.717) is 11.4 Å². The molecule has 7 heteroatoms. The van der Waals surface area contributed by atoms with Crippen LogP contribution in [-0.4, -0.2) is 43.8 Å². The van der Waals surface area contributed by atoms with Gasteiger partial charge in [0.1, 0.15) is 10.9 Å². The van der Waals surface area contributed by atoms with E-state index in [9.17, 15) is 4.79 Å². The first-order valence-electron chi connectivity index (χ1n) is 6.89. The Kier molecular flexibility index (Phi) is 3.92. The Hall–Kier alpha value is -1.89. The van der Waals surface area contributed by atoms with Gasteiger partial charge in [-0.25, -0.2) is 9.97 Å². The van der Waals surface area contributed by atoms with Gasteiger partial charge in [0, 0.05) is 12.7 Å². The molecule has 0 radical (unpaired) electrons. The first kappa shape index (κ1) is 14.1. The fourth-order valence-corrected chi connectivity index (χ4v) is 3.20. The van der Waals surface area contributed by atoms with Gasteiger partial charge >= 0.3 is 0 Å². The maximum atomic E-state index is 12.8. The lowest BCUT2D eigenvalue weighted by atomic mass is 10.2. The summed E-state index contributed by atoms with van der Waals surface area (Å²) in [6.45, 7) is 2.60. The lowest BCUT2D eigenvalue weighted by Crippen LogP contribution is -2.31. The van der Waals surface area contributed by atoms with E-state index in [4.69, 9.17) is 0 Å². The van der Waals surface area contributed by atoms with Crippen LogP contribution in [0.15, 0.2) is 23.4 Å². The van der Waals surface area contributed by atoms with Crippen LogP contribution in [-0.2, 0) is 0 Å². The van der Waals surface area contributed by atoms with E-state index < -0.39 is 0 Å². The van der Waals surface area contributed by atoms with Crippen molar-refractivity contribution >= 4 is 17.7 Å². The Morgan fingerprint density at radius 1 is 1.52 bits per heavy atom. The van der Waals surface area contributed by atoms with Crippen molar-refractivity contribution in [1.82, 2.24) is 25.1 Å². The highest BCUT2D eigenvalue weighted by atomic mass is 32.2. The third kappa shape index (κ3) is 2.65. The van der Waals surface area contributed by atoms with Gasteiger partial charge in [-0.15, -0.1) is 11.8 Å². The van der Waals surface area contributed by atoms with E-state index in [-0.39, 0.29) is 11.9 Å². The van der Waals surface area contributed by atoms with Crippen molar-refractivity contribution in [3.05, 3.63) is 35.5 Å². The average molecular weight is 303 g/mol. The van der Waals surface area contributed by atoms with Crippen LogP contribution in [0.1, 0.15) is 40.9 Å². The minimum Gasteiger partial charge on any atom is -0.328 e. The highest BCUT2D eigenvalue weighted by molar-refractivity contribution is 7.98. The minimum atomic E-state index is -0.0441. The Morgan fingerprint density at radius 3 is 3.10 bits per heavy atom. The third-order valence-electron chi connectivity index (χ3n) is 3.62. The van der Waals surface area contributed by atoms with E-state index in [2.05, 4.69) is 20.2 Å². The van der Waals surface area contributed by atoms with E-state index in [1.807, 2.05) is 24.1 Å². The fraction of sp³-hybridized carbons (Fsp3) is 0.429. The maximum absolute atomic E-state index is 12.8. The Labute approximate surface area is 127 Å². The van der Waals surface area contributed by atoms with Gasteiger partial charge in [-0.05, 0) is 38.2 Å². The zero-order valence-electron chi connectivity index (χ0n) is 12.0. The number of likely N-dealkylation sites (tertiary alicyclic amines) is 1. The molecule has 3 heterocycles. The molecule has 0 bridgehead atoms. The Morgan fingerprint density at radius 2 is 2.38 bits per heavy atom. The van der Waals surface area contributed by atoms with Crippen LogP contribution in [0.5, 0.6) is 0 Å². The van der Waals surface area contributed by atoms with E-state index in [1.165, 1.54) is 11.8 Å². The molecule has 21 heavy (non-hydrogen) atoms. The molecule has 2 aromatic rings. The number of rotatable bonds is 3. The molecule has 3 rings (SSSR count). The van der Waals surface area contributed by atoms with E-state index in [0.717, 1.165) is 30.2 Å². The molecule has 1 N–H and O–H groups in total. The number of hydrogen-bond donors (Lipinski definition) is 1. The third-order valence-corrected chi connectivity index (χ3v) is 4.33. The number of hydrogen-bond acceptors (Lipinski definition) is 5. The van der Waals surface area contributed by atoms with Crippen LogP contribution >= 0.6 is 11.8 Å². The molecular weight excluding hydrogens is 286 g/mol. The topological polar surface area (TPSA) is 74.8 Å². The highest BCUT2D eigenvalue weighted by Gasteiger charge is 2.34. The van der Waals surface area contributed by atoms with E-state index in [1.54, 1.807) is 12.3 Å². The summed E-state index contributed by atoms with van der Waals surface area (Å²) < 4.78 is 0. The van der Waals surface area contributed by atoms with Gasteiger partial charge in [0.15, 0.2) is 5.82 Å². The van der Waals surface area contributed by atoms with Gasteiger partial charge in [0.25, 0.3) is 5.91 Å². The monoisotopic (exact) mass is 303 g/mol. The number of thioether (sulfide) groups is 1. The molecule has 1 fully saturated rings. The zero-order chi connectivity index (χ0) is 14.8.